The number of halogens is 1. The Kier molecular flexibility index (Phi) is 6.31. The number of aryl methyl sites for hydroxylation is 1. The zero-order valence-electron chi connectivity index (χ0n) is 14.6. The van der Waals surface area contributed by atoms with Crippen LogP contribution in [0.25, 0.3) is 0 Å². The Hall–Kier alpha value is -1.60. The second-order valence-electron chi connectivity index (χ2n) is 6.11. The van der Waals surface area contributed by atoms with Crippen LogP contribution in [0.15, 0.2) is 39.2 Å². The Labute approximate surface area is 161 Å². The van der Waals surface area contributed by atoms with Gasteiger partial charge in [0, 0.05) is 40.7 Å². The van der Waals surface area contributed by atoms with Crippen molar-refractivity contribution in [2.75, 3.05) is 24.5 Å². The third kappa shape index (κ3) is 4.95. The molecule has 0 amide bonds. The molecular formula is C18H24BrN5S. The van der Waals surface area contributed by atoms with Crippen LogP contribution in [-0.4, -0.2) is 36.6 Å². The topological polar surface area (TPSA) is 52.6 Å². The Morgan fingerprint density at radius 1 is 1.40 bits per heavy atom. The number of aliphatic imine (C=N–C) groups is 1. The molecule has 0 aliphatic carbocycles. The number of benzene rings is 1. The number of rotatable bonds is 5. The van der Waals surface area contributed by atoms with Crippen LogP contribution in [0.4, 0.5) is 5.69 Å². The van der Waals surface area contributed by atoms with E-state index in [0.717, 1.165) is 42.2 Å². The fourth-order valence-corrected chi connectivity index (χ4v) is 3.87. The summed E-state index contributed by atoms with van der Waals surface area (Å²) >= 11 is 5.16. The normalized spacial score (nSPS) is 17.8. The summed E-state index contributed by atoms with van der Waals surface area (Å²) in [5.41, 5.74) is 4.23. The van der Waals surface area contributed by atoms with Crippen LogP contribution in [0.3, 0.4) is 0 Å². The number of nitrogens with zero attached hydrogens (tertiary/aromatic N) is 3. The van der Waals surface area contributed by atoms with Gasteiger partial charge in [0.05, 0.1) is 17.7 Å². The van der Waals surface area contributed by atoms with E-state index in [4.69, 9.17) is 4.99 Å². The highest BCUT2D eigenvalue weighted by molar-refractivity contribution is 9.10. The van der Waals surface area contributed by atoms with Gasteiger partial charge >= 0.3 is 0 Å². The molecule has 2 heterocycles. The van der Waals surface area contributed by atoms with Crippen LogP contribution in [-0.2, 0) is 6.54 Å². The minimum atomic E-state index is 0.406. The Morgan fingerprint density at radius 2 is 2.20 bits per heavy atom. The molecule has 1 unspecified atom stereocenters. The van der Waals surface area contributed by atoms with E-state index in [9.17, 15) is 0 Å². The van der Waals surface area contributed by atoms with Crippen molar-refractivity contribution in [1.82, 2.24) is 15.6 Å². The molecule has 1 aromatic carbocycles. The predicted molar refractivity (Wildman–Crippen MR) is 110 cm³/mol. The second-order valence-corrected chi connectivity index (χ2v) is 7.96. The van der Waals surface area contributed by atoms with Gasteiger partial charge in [-0.1, -0.05) is 15.9 Å². The molecule has 1 aromatic heterocycles. The summed E-state index contributed by atoms with van der Waals surface area (Å²) < 4.78 is 1.12. The van der Waals surface area contributed by atoms with E-state index in [-0.39, 0.29) is 0 Å². The molecule has 0 spiro atoms. The van der Waals surface area contributed by atoms with Crippen molar-refractivity contribution >= 4 is 38.9 Å². The van der Waals surface area contributed by atoms with Crippen molar-refractivity contribution in [3.8, 4) is 0 Å². The molecule has 0 bridgehead atoms. The van der Waals surface area contributed by atoms with Crippen LogP contribution in [0.1, 0.15) is 23.9 Å². The highest BCUT2D eigenvalue weighted by Crippen LogP contribution is 2.22. The van der Waals surface area contributed by atoms with Crippen LogP contribution in [0, 0.1) is 6.92 Å². The lowest BCUT2D eigenvalue weighted by molar-refractivity contribution is 0.649. The summed E-state index contributed by atoms with van der Waals surface area (Å²) in [6, 6.07) is 8.93. The van der Waals surface area contributed by atoms with Gasteiger partial charge in [-0.05, 0) is 44.5 Å². The summed E-state index contributed by atoms with van der Waals surface area (Å²) in [5.74, 6) is 0.887. The molecular weight excluding hydrogens is 398 g/mol. The Balaban J connectivity index is 1.59. The maximum atomic E-state index is 4.73. The third-order valence-corrected chi connectivity index (χ3v) is 5.74. The van der Waals surface area contributed by atoms with Crippen LogP contribution in [0.2, 0.25) is 0 Å². The molecule has 134 valence electrons. The van der Waals surface area contributed by atoms with E-state index < -0.39 is 0 Å². The quantitative estimate of drug-likeness (QED) is 0.572. The molecule has 25 heavy (non-hydrogen) atoms. The van der Waals surface area contributed by atoms with Gasteiger partial charge in [0.15, 0.2) is 5.96 Å². The molecule has 7 heteroatoms. The SMILES string of the molecule is CCNC(=NCc1scnc1C)NC1CCN(c2ccc(Br)cc2)C1. The maximum absolute atomic E-state index is 4.73. The number of anilines is 1. The molecule has 2 aromatic rings. The van der Waals surface area contributed by atoms with Gasteiger partial charge in [0.1, 0.15) is 0 Å². The van der Waals surface area contributed by atoms with Gasteiger partial charge in [-0.2, -0.15) is 0 Å². The molecule has 5 nitrogen and oxygen atoms in total. The molecule has 1 aliphatic heterocycles. The maximum Gasteiger partial charge on any atom is 0.191 e. The largest absolute Gasteiger partial charge is 0.369 e. The first-order valence-electron chi connectivity index (χ1n) is 8.60. The summed E-state index contributed by atoms with van der Waals surface area (Å²) in [5, 5.41) is 6.93. The molecule has 2 N–H and O–H groups in total. The minimum absolute atomic E-state index is 0.406. The van der Waals surface area contributed by atoms with Crippen molar-refractivity contribution in [3.63, 3.8) is 0 Å². The molecule has 1 saturated heterocycles. The molecule has 0 radical (unpaired) electrons. The number of aromatic nitrogens is 1. The molecule has 1 fully saturated rings. The van der Waals surface area contributed by atoms with Crippen molar-refractivity contribution in [2.24, 2.45) is 4.99 Å². The number of guanidine groups is 1. The van der Waals surface area contributed by atoms with Crippen LogP contribution >= 0.6 is 27.3 Å². The van der Waals surface area contributed by atoms with Gasteiger partial charge in [-0.25, -0.2) is 9.98 Å². The van der Waals surface area contributed by atoms with Crippen LogP contribution < -0.4 is 15.5 Å². The number of thiazole rings is 1. The lowest BCUT2D eigenvalue weighted by atomic mass is 10.3. The monoisotopic (exact) mass is 421 g/mol. The average molecular weight is 422 g/mol. The van der Waals surface area contributed by atoms with Crippen molar-refractivity contribution < 1.29 is 0 Å². The minimum Gasteiger partial charge on any atom is -0.369 e. The molecule has 0 saturated carbocycles. The van der Waals surface area contributed by atoms with Crippen LogP contribution in [0.5, 0.6) is 0 Å². The predicted octanol–water partition coefficient (Wildman–Crippen LogP) is 3.55. The van der Waals surface area contributed by atoms with Gasteiger partial charge in [-0.3, -0.25) is 0 Å². The first-order chi connectivity index (χ1) is 12.2. The van der Waals surface area contributed by atoms with E-state index in [1.807, 2.05) is 12.4 Å². The fourth-order valence-electron chi connectivity index (χ4n) is 2.91. The summed E-state index contributed by atoms with van der Waals surface area (Å²) in [6.07, 6.45) is 1.11. The lowest BCUT2D eigenvalue weighted by Crippen LogP contribution is -2.44. The summed E-state index contributed by atoms with van der Waals surface area (Å²) in [6.45, 7) is 7.72. The van der Waals surface area contributed by atoms with Crippen molar-refractivity contribution in [3.05, 3.63) is 44.8 Å². The van der Waals surface area contributed by atoms with Gasteiger partial charge in [-0.15, -0.1) is 11.3 Å². The summed E-state index contributed by atoms with van der Waals surface area (Å²) in [7, 11) is 0. The zero-order valence-corrected chi connectivity index (χ0v) is 17.0. The zero-order chi connectivity index (χ0) is 17.6. The number of hydrogen-bond acceptors (Lipinski definition) is 4. The highest BCUT2D eigenvalue weighted by Gasteiger charge is 2.23. The molecule has 1 atom stereocenters. The Bertz CT molecular complexity index is 713. The average Bonchev–Trinajstić information content (AvgIpc) is 3.23. The van der Waals surface area contributed by atoms with Gasteiger partial charge < -0.3 is 15.5 Å². The second kappa shape index (κ2) is 8.67. The van der Waals surface area contributed by atoms with Crippen molar-refractivity contribution in [1.29, 1.82) is 0 Å². The lowest BCUT2D eigenvalue weighted by Gasteiger charge is -2.20. The first-order valence-corrected chi connectivity index (χ1v) is 10.3. The van der Waals surface area contributed by atoms with E-state index in [1.165, 1.54) is 10.6 Å². The van der Waals surface area contributed by atoms with E-state index in [2.05, 4.69) is 67.6 Å². The highest BCUT2D eigenvalue weighted by atomic mass is 79.9. The molecule has 1 aliphatic rings. The fraction of sp³-hybridized carbons (Fsp3) is 0.444. The third-order valence-electron chi connectivity index (χ3n) is 4.29. The van der Waals surface area contributed by atoms with E-state index >= 15 is 0 Å². The van der Waals surface area contributed by atoms with E-state index in [1.54, 1.807) is 11.3 Å². The number of nitrogens with one attached hydrogen (secondary N) is 2. The summed E-state index contributed by atoms with van der Waals surface area (Å²) in [4.78, 5) is 12.7. The van der Waals surface area contributed by atoms with E-state index in [0.29, 0.717) is 12.6 Å². The molecule has 3 rings (SSSR count). The smallest absolute Gasteiger partial charge is 0.191 e. The van der Waals surface area contributed by atoms with Gasteiger partial charge in [0.2, 0.25) is 0 Å². The number of hydrogen-bond donors (Lipinski definition) is 2. The first kappa shape index (κ1) is 18.2. The Morgan fingerprint density at radius 3 is 2.88 bits per heavy atom. The standard InChI is InChI=1S/C18H24BrN5S/c1-3-20-18(21-10-17-13(2)22-12-25-17)23-15-8-9-24(11-15)16-6-4-14(19)5-7-16/h4-7,12,15H,3,8-11H2,1-2H3,(H2,20,21,23). The van der Waals surface area contributed by atoms with Gasteiger partial charge in [0.25, 0.3) is 0 Å². The van der Waals surface area contributed by atoms with Crippen molar-refractivity contribution in [2.45, 2.75) is 32.9 Å².